The van der Waals surface area contributed by atoms with Crippen LogP contribution in [-0.2, 0) is 4.74 Å². The molecule has 1 fully saturated rings. The van der Waals surface area contributed by atoms with Crippen molar-refractivity contribution in [3.63, 3.8) is 0 Å². The summed E-state index contributed by atoms with van der Waals surface area (Å²) >= 11 is 0.173. The number of rotatable bonds is 5. The smallest absolute Gasteiger partial charge is 0.261 e. The average Bonchev–Trinajstić information content (AvgIpc) is 2.47. The monoisotopic (exact) mass is 300 g/mol. The summed E-state index contributed by atoms with van der Waals surface area (Å²) in [6.45, 7) is 1.26. The summed E-state index contributed by atoms with van der Waals surface area (Å²) in [5.41, 5.74) is -1.78. The zero-order chi connectivity index (χ0) is 14.5. The van der Waals surface area contributed by atoms with E-state index in [0.717, 1.165) is 19.1 Å². The molecule has 1 aromatic heterocycles. The average molecular weight is 300 g/mol. The van der Waals surface area contributed by atoms with Crippen molar-refractivity contribution in [2.45, 2.75) is 24.3 Å². The lowest BCUT2D eigenvalue weighted by Crippen LogP contribution is -2.31. The molecule has 1 aromatic rings. The molecule has 20 heavy (non-hydrogen) atoms. The van der Waals surface area contributed by atoms with Crippen LogP contribution < -0.4 is 10.9 Å². The standard InChI is InChI=1S/C11H16N4O4S/c12-5-7-8(13-6-1-3-19-4-2-6)14-9(11(17)20-18)15-10(7)16/h5-6,11-12,17-18H,1-4H2,(H2,13,14,15,16). The molecular weight excluding hydrogens is 284 g/mol. The Morgan fingerprint density at radius 1 is 1.55 bits per heavy atom. The topological polar surface area (TPSA) is 131 Å². The van der Waals surface area contributed by atoms with E-state index < -0.39 is 11.0 Å². The summed E-state index contributed by atoms with van der Waals surface area (Å²) < 4.78 is 14.1. The molecule has 1 saturated heterocycles. The van der Waals surface area contributed by atoms with Gasteiger partial charge in [0, 0.05) is 37.5 Å². The van der Waals surface area contributed by atoms with E-state index in [0.29, 0.717) is 13.2 Å². The summed E-state index contributed by atoms with van der Waals surface area (Å²) in [5, 5.41) is 19.9. The van der Waals surface area contributed by atoms with Gasteiger partial charge in [-0.05, 0) is 12.8 Å². The molecule has 2 heterocycles. The van der Waals surface area contributed by atoms with Crippen LogP contribution in [0.25, 0.3) is 0 Å². The van der Waals surface area contributed by atoms with Crippen LogP contribution in [0.2, 0.25) is 0 Å². The Kier molecular flexibility index (Phi) is 5.12. The van der Waals surface area contributed by atoms with Gasteiger partial charge in [0.15, 0.2) is 11.3 Å². The minimum Gasteiger partial charge on any atom is -0.381 e. The molecule has 8 nitrogen and oxygen atoms in total. The largest absolute Gasteiger partial charge is 0.381 e. The van der Waals surface area contributed by atoms with Crippen molar-refractivity contribution in [3.05, 3.63) is 21.7 Å². The van der Waals surface area contributed by atoms with Crippen LogP contribution in [0.4, 0.5) is 5.82 Å². The van der Waals surface area contributed by atoms with E-state index in [4.69, 9.17) is 14.7 Å². The fraction of sp³-hybridized carbons (Fsp3) is 0.545. The van der Waals surface area contributed by atoms with Crippen LogP contribution in [0.1, 0.15) is 29.7 Å². The number of nitrogens with zero attached hydrogens (tertiary/aromatic N) is 1. The highest BCUT2D eigenvalue weighted by Crippen LogP contribution is 2.21. The van der Waals surface area contributed by atoms with E-state index in [9.17, 15) is 9.90 Å². The Hall–Kier alpha value is -1.42. The van der Waals surface area contributed by atoms with Gasteiger partial charge in [-0.15, -0.1) is 0 Å². The number of aromatic amines is 1. The van der Waals surface area contributed by atoms with Crippen molar-refractivity contribution in [3.8, 4) is 0 Å². The van der Waals surface area contributed by atoms with Crippen molar-refractivity contribution in [1.29, 1.82) is 5.41 Å². The SMILES string of the molecule is N=Cc1c(NC2CCOCC2)nc(C(O)SO)[nH]c1=O. The maximum atomic E-state index is 11.8. The second-order valence-electron chi connectivity index (χ2n) is 4.35. The number of ether oxygens (including phenoxy) is 1. The fourth-order valence-electron chi connectivity index (χ4n) is 1.95. The predicted molar refractivity (Wildman–Crippen MR) is 75.4 cm³/mol. The zero-order valence-corrected chi connectivity index (χ0v) is 11.4. The summed E-state index contributed by atoms with van der Waals surface area (Å²) in [5.74, 6) is 0.182. The number of nitrogens with one attached hydrogen (secondary N) is 3. The molecule has 1 aliphatic rings. The Morgan fingerprint density at radius 3 is 2.85 bits per heavy atom. The van der Waals surface area contributed by atoms with E-state index in [2.05, 4.69) is 15.3 Å². The lowest BCUT2D eigenvalue weighted by molar-refractivity contribution is 0.0903. The van der Waals surface area contributed by atoms with Crippen molar-refractivity contribution in [2.75, 3.05) is 18.5 Å². The normalized spacial score (nSPS) is 17.7. The van der Waals surface area contributed by atoms with Crippen LogP contribution in [0, 0.1) is 5.41 Å². The van der Waals surface area contributed by atoms with Crippen LogP contribution in [0.15, 0.2) is 4.79 Å². The third kappa shape index (κ3) is 3.37. The van der Waals surface area contributed by atoms with Gasteiger partial charge in [-0.25, -0.2) is 4.98 Å². The highest BCUT2D eigenvalue weighted by atomic mass is 32.2. The van der Waals surface area contributed by atoms with Gasteiger partial charge in [-0.3, -0.25) is 4.79 Å². The fourth-order valence-corrected chi connectivity index (χ4v) is 2.16. The van der Waals surface area contributed by atoms with E-state index in [1.807, 2.05) is 0 Å². The molecule has 0 aliphatic carbocycles. The van der Waals surface area contributed by atoms with Crippen LogP contribution >= 0.6 is 12.0 Å². The van der Waals surface area contributed by atoms with Crippen molar-refractivity contribution in [1.82, 2.24) is 9.97 Å². The Morgan fingerprint density at radius 2 is 2.25 bits per heavy atom. The van der Waals surface area contributed by atoms with Gasteiger partial charge in [-0.1, -0.05) is 0 Å². The lowest BCUT2D eigenvalue weighted by atomic mass is 10.1. The second kappa shape index (κ2) is 6.84. The third-order valence-corrected chi connectivity index (χ3v) is 3.44. The number of hydrogen-bond acceptors (Lipinski definition) is 8. The predicted octanol–water partition coefficient (Wildman–Crippen LogP) is 0.556. The molecule has 9 heteroatoms. The van der Waals surface area contributed by atoms with Crippen molar-refractivity contribution < 1.29 is 14.4 Å². The quantitative estimate of drug-likeness (QED) is 0.305. The molecule has 0 spiro atoms. The molecule has 0 bridgehead atoms. The number of H-pyrrole nitrogens is 1. The van der Waals surface area contributed by atoms with Gasteiger partial charge in [0.25, 0.3) is 5.56 Å². The van der Waals surface area contributed by atoms with Crippen molar-refractivity contribution >= 4 is 24.1 Å². The Balaban J connectivity index is 2.30. The van der Waals surface area contributed by atoms with E-state index in [1.165, 1.54) is 0 Å². The molecule has 0 aromatic carbocycles. The molecule has 1 unspecified atom stereocenters. The van der Waals surface area contributed by atoms with Crippen LogP contribution in [-0.4, -0.2) is 45.1 Å². The first-order chi connectivity index (χ1) is 9.65. The molecule has 2 rings (SSSR count). The Labute approximate surface area is 119 Å². The first-order valence-electron chi connectivity index (χ1n) is 6.13. The van der Waals surface area contributed by atoms with Gasteiger partial charge in [0.2, 0.25) is 0 Å². The number of aliphatic hydroxyl groups is 1. The van der Waals surface area contributed by atoms with Gasteiger partial charge in [-0.2, -0.15) is 0 Å². The number of hydrogen-bond donors (Lipinski definition) is 5. The first kappa shape index (κ1) is 15.0. The first-order valence-corrected chi connectivity index (χ1v) is 6.96. The molecule has 0 amide bonds. The zero-order valence-electron chi connectivity index (χ0n) is 10.6. The maximum absolute atomic E-state index is 11.8. The maximum Gasteiger partial charge on any atom is 0.261 e. The van der Waals surface area contributed by atoms with Crippen LogP contribution in [0.5, 0.6) is 0 Å². The molecule has 110 valence electrons. The van der Waals surface area contributed by atoms with E-state index in [1.54, 1.807) is 0 Å². The van der Waals surface area contributed by atoms with Crippen molar-refractivity contribution in [2.24, 2.45) is 0 Å². The summed E-state index contributed by atoms with van der Waals surface area (Å²) in [4.78, 5) is 18.3. The summed E-state index contributed by atoms with van der Waals surface area (Å²) in [7, 11) is 0. The second-order valence-corrected chi connectivity index (χ2v) is 5.00. The van der Waals surface area contributed by atoms with E-state index >= 15 is 0 Å². The number of aliphatic hydroxyl groups excluding tert-OH is 1. The van der Waals surface area contributed by atoms with Gasteiger partial charge in [0.05, 0.1) is 5.56 Å². The molecule has 1 atom stereocenters. The highest BCUT2D eigenvalue weighted by molar-refractivity contribution is 7.93. The minimum atomic E-state index is -1.34. The lowest BCUT2D eigenvalue weighted by Gasteiger charge is -2.24. The summed E-state index contributed by atoms with van der Waals surface area (Å²) in [6.07, 6.45) is 2.47. The van der Waals surface area contributed by atoms with Gasteiger partial charge < -0.3 is 30.1 Å². The number of aromatic nitrogens is 2. The Bertz CT molecular complexity index is 530. The van der Waals surface area contributed by atoms with Crippen LogP contribution in [0.3, 0.4) is 0 Å². The molecule has 5 N–H and O–H groups in total. The van der Waals surface area contributed by atoms with Gasteiger partial charge in [0.1, 0.15) is 5.82 Å². The molecule has 1 aliphatic heterocycles. The summed E-state index contributed by atoms with van der Waals surface area (Å²) in [6, 6.07) is 0.100. The highest BCUT2D eigenvalue weighted by Gasteiger charge is 2.19. The minimum absolute atomic E-state index is 0.0531. The van der Waals surface area contributed by atoms with E-state index in [-0.39, 0.29) is 35.3 Å². The molecule has 0 radical (unpaired) electrons. The number of anilines is 1. The molecular formula is C11H16N4O4S. The third-order valence-electron chi connectivity index (χ3n) is 3.01. The molecule has 0 saturated carbocycles. The van der Waals surface area contributed by atoms with Gasteiger partial charge >= 0.3 is 0 Å².